The van der Waals surface area contributed by atoms with Gasteiger partial charge in [0.1, 0.15) is 11.6 Å². The summed E-state index contributed by atoms with van der Waals surface area (Å²) in [5.41, 5.74) is 2.53. The van der Waals surface area contributed by atoms with Crippen molar-refractivity contribution in [3.63, 3.8) is 0 Å². The molecule has 3 aromatic rings. The average Bonchev–Trinajstić information content (AvgIpc) is 3.30. The quantitative estimate of drug-likeness (QED) is 0.739. The number of piperidine rings is 1. The molecule has 1 atom stereocenters. The van der Waals surface area contributed by atoms with Crippen LogP contribution in [0.2, 0.25) is 0 Å². The Balaban J connectivity index is 1.50. The van der Waals surface area contributed by atoms with E-state index in [0.717, 1.165) is 61.7 Å². The standard InChI is InChI=1S/C21H28N6O/c1-15-23-18-7-6-16(13-19(18)24-15)21(28)27-9-4-5-17(14-27)20-22-8-10-26(20)12-11-25(2)3/h6-8,10,13,17H,4-5,9,11-12,14H2,1-3H3,(H,23,24)/t17-/m1/s1. The number of fused-ring (bicyclic) bond motifs is 1. The second kappa shape index (κ2) is 7.75. The lowest BCUT2D eigenvalue weighted by molar-refractivity contribution is 0.0703. The summed E-state index contributed by atoms with van der Waals surface area (Å²) in [5, 5.41) is 0. The van der Waals surface area contributed by atoms with Crippen molar-refractivity contribution in [1.29, 1.82) is 0 Å². The molecule has 148 valence electrons. The zero-order valence-corrected chi connectivity index (χ0v) is 16.9. The van der Waals surface area contributed by atoms with E-state index in [-0.39, 0.29) is 11.8 Å². The van der Waals surface area contributed by atoms with Gasteiger partial charge in [-0.2, -0.15) is 0 Å². The number of amides is 1. The number of hydrogen-bond donors (Lipinski definition) is 1. The lowest BCUT2D eigenvalue weighted by atomic mass is 9.96. The van der Waals surface area contributed by atoms with E-state index >= 15 is 0 Å². The summed E-state index contributed by atoms with van der Waals surface area (Å²) in [6.45, 7) is 5.34. The highest BCUT2D eigenvalue weighted by Gasteiger charge is 2.28. The van der Waals surface area contributed by atoms with Crippen molar-refractivity contribution in [2.45, 2.75) is 32.2 Å². The van der Waals surface area contributed by atoms with Gasteiger partial charge >= 0.3 is 0 Å². The third-order valence-electron chi connectivity index (χ3n) is 5.46. The van der Waals surface area contributed by atoms with Crippen LogP contribution in [-0.4, -0.2) is 69.0 Å². The molecule has 3 heterocycles. The molecule has 0 spiro atoms. The fraction of sp³-hybridized carbons (Fsp3) is 0.476. The Labute approximate surface area is 165 Å². The number of hydrogen-bond acceptors (Lipinski definition) is 4. The van der Waals surface area contributed by atoms with E-state index in [9.17, 15) is 4.79 Å². The van der Waals surface area contributed by atoms with Gasteiger partial charge in [-0.3, -0.25) is 4.79 Å². The van der Waals surface area contributed by atoms with Gasteiger partial charge in [0.15, 0.2) is 0 Å². The molecule has 0 unspecified atom stereocenters. The molecule has 1 aromatic carbocycles. The van der Waals surface area contributed by atoms with Gasteiger partial charge in [-0.25, -0.2) is 9.97 Å². The molecule has 7 nitrogen and oxygen atoms in total. The van der Waals surface area contributed by atoms with Crippen LogP contribution in [0.4, 0.5) is 0 Å². The molecular formula is C21H28N6O. The van der Waals surface area contributed by atoms with Crippen molar-refractivity contribution in [3.05, 3.63) is 47.8 Å². The number of benzene rings is 1. The molecule has 1 fully saturated rings. The molecule has 0 saturated carbocycles. The van der Waals surface area contributed by atoms with Crippen LogP contribution in [0.25, 0.3) is 11.0 Å². The van der Waals surface area contributed by atoms with Gasteiger partial charge in [-0.05, 0) is 52.1 Å². The average molecular weight is 380 g/mol. The fourth-order valence-corrected chi connectivity index (χ4v) is 4.00. The largest absolute Gasteiger partial charge is 0.342 e. The predicted molar refractivity (Wildman–Crippen MR) is 109 cm³/mol. The summed E-state index contributed by atoms with van der Waals surface area (Å²) in [7, 11) is 4.16. The van der Waals surface area contributed by atoms with Crippen molar-refractivity contribution in [1.82, 2.24) is 29.3 Å². The van der Waals surface area contributed by atoms with E-state index in [2.05, 4.69) is 38.5 Å². The van der Waals surface area contributed by atoms with E-state index in [0.29, 0.717) is 5.56 Å². The lowest BCUT2D eigenvalue weighted by Crippen LogP contribution is -2.39. The van der Waals surface area contributed by atoms with Gasteiger partial charge in [0.05, 0.1) is 11.0 Å². The maximum Gasteiger partial charge on any atom is 0.253 e. The summed E-state index contributed by atoms with van der Waals surface area (Å²) in [5.74, 6) is 2.33. The zero-order chi connectivity index (χ0) is 19.7. The van der Waals surface area contributed by atoms with E-state index < -0.39 is 0 Å². The van der Waals surface area contributed by atoms with Crippen LogP contribution in [0.15, 0.2) is 30.6 Å². The van der Waals surface area contributed by atoms with Crippen LogP contribution in [0.3, 0.4) is 0 Å². The Kier molecular flexibility index (Phi) is 5.17. The number of imidazole rings is 2. The molecule has 7 heteroatoms. The van der Waals surface area contributed by atoms with Crippen LogP contribution in [0.5, 0.6) is 0 Å². The van der Waals surface area contributed by atoms with Crippen LogP contribution in [0, 0.1) is 6.92 Å². The first-order chi connectivity index (χ1) is 13.5. The molecular weight excluding hydrogens is 352 g/mol. The number of nitrogens with zero attached hydrogens (tertiary/aromatic N) is 5. The van der Waals surface area contributed by atoms with Gasteiger partial charge in [0, 0.05) is 50.1 Å². The second-order valence-corrected chi connectivity index (χ2v) is 7.93. The molecule has 2 aromatic heterocycles. The number of aromatic nitrogens is 4. The van der Waals surface area contributed by atoms with Crippen LogP contribution in [0.1, 0.15) is 40.8 Å². The Hall–Kier alpha value is -2.67. The van der Waals surface area contributed by atoms with Gasteiger partial charge in [0.2, 0.25) is 0 Å². The van der Waals surface area contributed by atoms with Gasteiger partial charge in [-0.15, -0.1) is 0 Å². The summed E-state index contributed by atoms with van der Waals surface area (Å²) in [4.78, 5) is 29.5. The molecule has 0 radical (unpaired) electrons. The van der Waals surface area contributed by atoms with E-state index in [1.54, 1.807) is 0 Å². The molecule has 0 aliphatic carbocycles. The molecule has 1 amide bonds. The molecule has 1 aliphatic rings. The molecule has 4 rings (SSSR count). The Morgan fingerprint density at radius 2 is 2.21 bits per heavy atom. The summed E-state index contributed by atoms with van der Waals surface area (Å²) >= 11 is 0. The number of aromatic amines is 1. The third-order valence-corrected chi connectivity index (χ3v) is 5.46. The van der Waals surface area contributed by atoms with Gasteiger partial charge in [-0.1, -0.05) is 0 Å². The third kappa shape index (κ3) is 3.80. The number of likely N-dealkylation sites (N-methyl/N-ethyl adjacent to an activating group) is 1. The summed E-state index contributed by atoms with van der Waals surface area (Å²) in [6.07, 6.45) is 6.00. The van der Waals surface area contributed by atoms with Crippen molar-refractivity contribution >= 4 is 16.9 Å². The van der Waals surface area contributed by atoms with Crippen LogP contribution < -0.4 is 0 Å². The highest BCUT2D eigenvalue weighted by molar-refractivity contribution is 5.97. The fourth-order valence-electron chi connectivity index (χ4n) is 4.00. The topological polar surface area (TPSA) is 70.1 Å². The predicted octanol–water partition coefficient (Wildman–Crippen LogP) is 2.65. The van der Waals surface area contributed by atoms with Gasteiger partial charge < -0.3 is 19.4 Å². The monoisotopic (exact) mass is 380 g/mol. The normalized spacial score (nSPS) is 17.6. The molecule has 1 N–H and O–H groups in total. The minimum Gasteiger partial charge on any atom is -0.342 e. The number of rotatable bonds is 5. The Morgan fingerprint density at radius 1 is 1.36 bits per heavy atom. The van der Waals surface area contributed by atoms with Crippen molar-refractivity contribution in [2.24, 2.45) is 0 Å². The van der Waals surface area contributed by atoms with E-state index in [1.807, 2.05) is 42.4 Å². The van der Waals surface area contributed by atoms with Crippen LogP contribution in [-0.2, 0) is 6.54 Å². The van der Waals surface area contributed by atoms with E-state index in [4.69, 9.17) is 0 Å². The Morgan fingerprint density at radius 3 is 3.04 bits per heavy atom. The van der Waals surface area contributed by atoms with Crippen molar-refractivity contribution in [2.75, 3.05) is 33.7 Å². The number of nitrogens with one attached hydrogen (secondary N) is 1. The summed E-state index contributed by atoms with van der Waals surface area (Å²) < 4.78 is 2.23. The number of carbonyl (C=O) groups excluding carboxylic acids is 1. The Bertz CT molecular complexity index is 972. The molecule has 1 aliphatic heterocycles. The number of carbonyl (C=O) groups is 1. The number of aryl methyl sites for hydroxylation is 1. The van der Waals surface area contributed by atoms with Gasteiger partial charge in [0.25, 0.3) is 5.91 Å². The molecule has 1 saturated heterocycles. The smallest absolute Gasteiger partial charge is 0.253 e. The lowest BCUT2D eigenvalue weighted by Gasteiger charge is -2.33. The minimum absolute atomic E-state index is 0.0882. The first-order valence-corrected chi connectivity index (χ1v) is 9.92. The highest BCUT2D eigenvalue weighted by Crippen LogP contribution is 2.27. The SMILES string of the molecule is Cc1nc2ccc(C(=O)N3CCC[C@@H](c4nccn4CCN(C)C)C3)cc2[nH]1. The first kappa shape index (κ1) is 18.7. The maximum absolute atomic E-state index is 13.1. The maximum atomic E-state index is 13.1. The highest BCUT2D eigenvalue weighted by atomic mass is 16.2. The van der Waals surface area contributed by atoms with Crippen LogP contribution >= 0.6 is 0 Å². The molecule has 0 bridgehead atoms. The number of likely N-dealkylation sites (tertiary alicyclic amines) is 1. The van der Waals surface area contributed by atoms with Crippen molar-refractivity contribution in [3.8, 4) is 0 Å². The number of H-pyrrole nitrogens is 1. The first-order valence-electron chi connectivity index (χ1n) is 9.92. The second-order valence-electron chi connectivity index (χ2n) is 7.93. The minimum atomic E-state index is 0.0882. The summed E-state index contributed by atoms with van der Waals surface area (Å²) in [6, 6.07) is 5.72. The van der Waals surface area contributed by atoms with Crippen molar-refractivity contribution < 1.29 is 4.79 Å². The molecule has 28 heavy (non-hydrogen) atoms. The van der Waals surface area contributed by atoms with E-state index in [1.165, 1.54) is 0 Å². The zero-order valence-electron chi connectivity index (χ0n) is 16.9.